The Morgan fingerprint density at radius 3 is 2.35 bits per heavy atom. The van der Waals surface area contributed by atoms with E-state index in [-0.39, 0.29) is 0 Å². The Morgan fingerprint density at radius 2 is 1.53 bits per heavy atom. The molecule has 0 nitrogen and oxygen atoms in total. The molecule has 0 bridgehead atoms. The second-order valence-electron chi connectivity index (χ2n) is 4.63. The summed E-state index contributed by atoms with van der Waals surface area (Å²) >= 11 is 0. The van der Waals surface area contributed by atoms with Crippen molar-refractivity contribution in [1.29, 1.82) is 0 Å². The van der Waals surface area contributed by atoms with Crippen LogP contribution in [-0.2, 0) is 6.42 Å². The van der Waals surface area contributed by atoms with E-state index in [1.807, 2.05) is 0 Å². The molecule has 2 aromatic rings. The van der Waals surface area contributed by atoms with Gasteiger partial charge in [0.15, 0.2) is 0 Å². The lowest BCUT2D eigenvalue weighted by molar-refractivity contribution is 0.977. The van der Waals surface area contributed by atoms with Gasteiger partial charge >= 0.3 is 0 Å². The Morgan fingerprint density at radius 1 is 0.824 bits per heavy atom. The van der Waals surface area contributed by atoms with Gasteiger partial charge in [-0.2, -0.15) is 0 Å². The fraction of sp³-hybridized carbons (Fsp3) is 0.176. The summed E-state index contributed by atoms with van der Waals surface area (Å²) in [6.45, 7) is 2.19. The largest absolute Gasteiger partial charge is 0.0757 e. The van der Waals surface area contributed by atoms with Crippen LogP contribution in [0.5, 0.6) is 0 Å². The Bertz CT molecular complexity index is 576. The van der Waals surface area contributed by atoms with Crippen LogP contribution in [0.2, 0.25) is 0 Å². The van der Waals surface area contributed by atoms with Crippen molar-refractivity contribution in [3.8, 4) is 0 Å². The molecule has 0 N–H and O–H groups in total. The zero-order valence-corrected chi connectivity index (χ0v) is 10.1. The highest BCUT2D eigenvalue weighted by Crippen LogP contribution is 2.32. The van der Waals surface area contributed by atoms with Gasteiger partial charge in [0.2, 0.25) is 0 Å². The highest BCUT2D eigenvalue weighted by molar-refractivity contribution is 5.83. The van der Waals surface area contributed by atoms with Crippen LogP contribution in [0.15, 0.2) is 54.6 Å². The number of benzene rings is 2. The van der Waals surface area contributed by atoms with Crippen LogP contribution < -0.4 is 0 Å². The third kappa shape index (κ3) is 1.80. The molecule has 84 valence electrons. The van der Waals surface area contributed by atoms with Crippen LogP contribution in [0, 0.1) is 6.92 Å². The van der Waals surface area contributed by atoms with E-state index in [1.165, 1.54) is 34.2 Å². The molecule has 2 aromatic carbocycles. The van der Waals surface area contributed by atoms with E-state index in [0.717, 1.165) is 6.42 Å². The molecule has 17 heavy (non-hydrogen) atoms. The molecule has 0 aliphatic heterocycles. The summed E-state index contributed by atoms with van der Waals surface area (Å²) in [5, 5.41) is 0. The van der Waals surface area contributed by atoms with Crippen LogP contribution in [0.1, 0.15) is 28.7 Å². The predicted octanol–water partition coefficient (Wildman–Crippen LogP) is 4.37. The molecule has 0 saturated carbocycles. The van der Waals surface area contributed by atoms with Crippen molar-refractivity contribution in [2.75, 3.05) is 0 Å². The first-order valence-corrected chi connectivity index (χ1v) is 6.21. The van der Waals surface area contributed by atoms with E-state index in [0.29, 0.717) is 0 Å². The molecule has 0 unspecified atom stereocenters. The maximum absolute atomic E-state index is 2.38. The molecule has 0 amide bonds. The fourth-order valence-corrected chi connectivity index (χ4v) is 2.61. The first kappa shape index (κ1) is 10.3. The zero-order chi connectivity index (χ0) is 11.7. The van der Waals surface area contributed by atoms with Crippen LogP contribution in [0.4, 0.5) is 0 Å². The number of hydrogen-bond acceptors (Lipinski definition) is 0. The fourth-order valence-electron chi connectivity index (χ4n) is 2.61. The summed E-state index contributed by atoms with van der Waals surface area (Å²) in [6.07, 6.45) is 4.71. The average molecular weight is 220 g/mol. The van der Waals surface area contributed by atoms with Gasteiger partial charge in [-0.05, 0) is 47.6 Å². The molecule has 0 aromatic heterocycles. The molecule has 1 aliphatic rings. The van der Waals surface area contributed by atoms with Gasteiger partial charge in [-0.1, -0.05) is 54.6 Å². The average Bonchev–Trinajstić information content (AvgIpc) is 2.39. The maximum Gasteiger partial charge on any atom is -0.0146 e. The number of hydrogen-bond donors (Lipinski definition) is 0. The molecule has 0 heteroatoms. The van der Waals surface area contributed by atoms with Crippen molar-refractivity contribution in [2.45, 2.75) is 19.8 Å². The zero-order valence-electron chi connectivity index (χ0n) is 10.1. The van der Waals surface area contributed by atoms with Crippen LogP contribution in [0.25, 0.3) is 5.57 Å². The molecule has 0 fully saturated rings. The SMILES string of the molecule is Cc1ccccc1C1=CCCc2ccccc21. The van der Waals surface area contributed by atoms with Gasteiger partial charge in [-0.25, -0.2) is 0 Å². The molecule has 0 radical (unpaired) electrons. The van der Waals surface area contributed by atoms with Gasteiger partial charge in [0, 0.05) is 0 Å². The number of allylic oxidation sites excluding steroid dienone is 1. The number of aryl methyl sites for hydroxylation is 2. The second-order valence-corrected chi connectivity index (χ2v) is 4.63. The molecule has 0 heterocycles. The predicted molar refractivity (Wildman–Crippen MR) is 73.0 cm³/mol. The van der Waals surface area contributed by atoms with E-state index in [2.05, 4.69) is 61.5 Å². The molecule has 0 saturated heterocycles. The molecular formula is C17H16. The van der Waals surface area contributed by atoms with E-state index in [1.54, 1.807) is 0 Å². The summed E-state index contributed by atoms with van der Waals surface area (Å²) in [7, 11) is 0. The topological polar surface area (TPSA) is 0 Å². The van der Waals surface area contributed by atoms with Gasteiger partial charge in [0.1, 0.15) is 0 Å². The minimum Gasteiger partial charge on any atom is -0.0757 e. The molecule has 1 aliphatic carbocycles. The van der Waals surface area contributed by atoms with Crippen molar-refractivity contribution in [3.63, 3.8) is 0 Å². The van der Waals surface area contributed by atoms with Crippen LogP contribution >= 0.6 is 0 Å². The Hall–Kier alpha value is -1.82. The van der Waals surface area contributed by atoms with E-state index in [4.69, 9.17) is 0 Å². The normalized spacial score (nSPS) is 14.1. The summed E-state index contributed by atoms with van der Waals surface area (Å²) in [5.41, 5.74) is 7.03. The Balaban J connectivity index is 2.17. The quantitative estimate of drug-likeness (QED) is 0.669. The minimum atomic E-state index is 1.15. The molecule has 3 rings (SSSR count). The standard InChI is InChI=1S/C17H16/c1-13-7-2-4-10-15(13)17-12-6-9-14-8-3-5-11-16(14)17/h2-5,7-8,10-12H,6,9H2,1H3. The van der Waals surface area contributed by atoms with Crippen LogP contribution in [0.3, 0.4) is 0 Å². The van der Waals surface area contributed by atoms with E-state index in [9.17, 15) is 0 Å². The van der Waals surface area contributed by atoms with Crippen molar-refractivity contribution >= 4 is 5.57 Å². The van der Waals surface area contributed by atoms with Gasteiger partial charge in [0.25, 0.3) is 0 Å². The number of rotatable bonds is 1. The number of fused-ring (bicyclic) bond motifs is 1. The monoisotopic (exact) mass is 220 g/mol. The van der Waals surface area contributed by atoms with E-state index < -0.39 is 0 Å². The van der Waals surface area contributed by atoms with Crippen molar-refractivity contribution in [3.05, 3.63) is 76.9 Å². The first-order chi connectivity index (χ1) is 8.36. The third-order valence-electron chi connectivity index (χ3n) is 3.50. The summed E-state index contributed by atoms with van der Waals surface area (Å²) in [4.78, 5) is 0. The Labute approximate surface area is 103 Å². The Kier molecular flexibility index (Phi) is 2.56. The van der Waals surface area contributed by atoms with Crippen LogP contribution in [-0.4, -0.2) is 0 Å². The highest BCUT2D eigenvalue weighted by Gasteiger charge is 2.14. The van der Waals surface area contributed by atoms with Gasteiger partial charge in [-0.15, -0.1) is 0 Å². The lowest BCUT2D eigenvalue weighted by Crippen LogP contribution is -2.01. The van der Waals surface area contributed by atoms with E-state index >= 15 is 0 Å². The molecule has 0 atom stereocenters. The summed E-state index contributed by atoms with van der Waals surface area (Å²) in [6, 6.07) is 17.4. The van der Waals surface area contributed by atoms with Gasteiger partial charge in [-0.3, -0.25) is 0 Å². The van der Waals surface area contributed by atoms with Gasteiger partial charge in [0.05, 0.1) is 0 Å². The summed E-state index contributed by atoms with van der Waals surface area (Å²) < 4.78 is 0. The third-order valence-corrected chi connectivity index (χ3v) is 3.50. The lowest BCUT2D eigenvalue weighted by Gasteiger charge is -2.19. The maximum atomic E-state index is 2.38. The van der Waals surface area contributed by atoms with Crippen molar-refractivity contribution < 1.29 is 0 Å². The first-order valence-electron chi connectivity index (χ1n) is 6.21. The van der Waals surface area contributed by atoms with Gasteiger partial charge < -0.3 is 0 Å². The smallest absolute Gasteiger partial charge is 0.0146 e. The summed E-state index contributed by atoms with van der Waals surface area (Å²) in [5.74, 6) is 0. The highest BCUT2D eigenvalue weighted by atomic mass is 14.2. The molecule has 0 spiro atoms. The minimum absolute atomic E-state index is 1.15. The van der Waals surface area contributed by atoms with Crippen molar-refractivity contribution in [1.82, 2.24) is 0 Å². The molecular weight excluding hydrogens is 204 g/mol. The second kappa shape index (κ2) is 4.21. The van der Waals surface area contributed by atoms with Crippen molar-refractivity contribution in [2.24, 2.45) is 0 Å². The lowest BCUT2D eigenvalue weighted by atomic mass is 9.85.